The minimum absolute atomic E-state index is 0.687. The van der Waals surface area contributed by atoms with E-state index in [9.17, 15) is 0 Å². The minimum atomic E-state index is 0.687. The zero-order valence-corrected chi connectivity index (χ0v) is 27.2. The van der Waals surface area contributed by atoms with Gasteiger partial charge in [0.1, 0.15) is 0 Å². The first-order valence-electron chi connectivity index (χ1n) is 16.9. The van der Waals surface area contributed by atoms with Crippen LogP contribution >= 0.6 is 0 Å². The normalized spacial score (nSPS) is 11.2. The lowest BCUT2D eigenvalue weighted by Crippen LogP contribution is -1.97. The summed E-state index contributed by atoms with van der Waals surface area (Å²) in [5, 5.41) is 3.38. The number of rotatable bonds is 6. The predicted molar refractivity (Wildman–Crippen MR) is 207 cm³/mol. The number of aromatic nitrogens is 3. The third kappa shape index (κ3) is 5.51. The summed E-state index contributed by atoms with van der Waals surface area (Å²) in [5.41, 5.74) is 12.4. The predicted octanol–water partition coefficient (Wildman–Crippen LogP) is 12.2. The highest BCUT2D eigenvalue weighted by Gasteiger charge is 2.17. The van der Waals surface area contributed by atoms with Gasteiger partial charge in [0.05, 0.1) is 22.6 Å². The van der Waals surface area contributed by atoms with E-state index < -0.39 is 0 Å². The van der Waals surface area contributed by atoms with Crippen molar-refractivity contribution in [3.8, 4) is 67.4 Å². The Labute approximate surface area is 291 Å². The van der Waals surface area contributed by atoms with Crippen LogP contribution in [0, 0.1) is 0 Å². The van der Waals surface area contributed by atoms with Crippen molar-refractivity contribution in [3.63, 3.8) is 0 Å². The summed E-state index contributed by atoms with van der Waals surface area (Å²) in [5.74, 6) is 0.687. The summed E-state index contributed by atoms with van der Waals surface area (Å²) < 4.78 is 0. The number of pyridine rings is 1. The SMILES string of the molecule is c1ccc(-c2cccc(-c3nc(-c4ccccc4)cc(-c4ccc5nc(-c6ccccc6)c6cccc(-c7ccccc7)c6c5c4)n3)c2)cc1. The minimum Gasteiger partial charge on any atom is -0.247 e. The van der Waals surface area contributed by atoms with E-state index in [1.54, 1.807) is 0 Å². The van der Waals surface area contributed by atoms with E-state index in [4.69, 9.17) is 15.0 Å². The zero-order chi connectivity index (χ0) is 33.3. The molecule has 0 unspecified atom stereocenters. The van der Waals surface area contributed by atoms with Gasteiger partial charge in [-0.3, -0.25) is 0 Å². The molecule has 0 radical (unpaired) electrons. The van der Waals surface area contributed by atoms with Crippen LogP contribution < -0.4 is 0 Å². The summed E-state index contributed by atoms with van der Waals surface area (Å²) in [6, 6.07) is 65.5. The Morgan fingerprint density at radius 3 is 1.56 bits per heavy atom. The van der Waals surface area contributed by atoms with Gasteiger partial charge in [-0.15, -0.1) is 0 Å². The molecule has 0 fully saturated rings. The molecule has 2 heterocycles. The van der Waals surface area contributed by atoms with E-state index in [2.05, 4.69) is 170 Å². The fourth-order valence-corrected chi connectivity index (χ4v) is 6.84. The second kappa shape index (κ2) is 12.7. The van der Waals surface area contributed by atoms with Crippen LogP contribution in [-0.2, 0) is 0 Å². The van der Waals surface area contributed by atoms with Gasteiger partial charge in [0.15, 0.2) is 5.82 Å². The van der Waals surface area contributed by atoms with Crippen LogP contribution in [0.1, 0.15) is 0 Å². The second-order valence-corrected chi connectivity index (χ2v) is 12.4. The highest BCUT2D eigenvalue weighted by molar-refractivity contribution is 6.17. The van der Waals surface area contributed by atoms with Gasteiger partial charge >= 0.3 is 0 Å². The summed E-state index contributed by atoms with van der Waals surface area (Å²) in [6.45, 7) is 0. The molecular formula is C47H31N3. The molecule has 0 spiro atoms. The van der Waals surface area contributed by atoms with Gasteiger partial charge < -0.3 is 0 Å². The zero-order valence-electron chi connectivity index (χ0n) is 27.2. The third-order valence-corrected chi connectivity index (χ3v) is 9.27. The van der Waals surface area contributed by atoms with E-state index in [0.29, 0.717) is 5.82 Å². The molecule has 3 heteroatoms. The van der Waals surface area contributed by atoms with Crippen molar-refractivity contribution in [2.75, 3.05) is 0 Å². The molecule has 234 valence electrons. The molecule has 0 atom stereocenters. The summed E-state index contributed by atoms with van der Waals surface area (Å²) in [7, 11) is 0. The lowest BCUT2D eigenvalue weighted by molar-refractivity contribution is 1.18. The number of hydrogen-bond acceptors (Lipinski definition) is 3. The average Bonchev–Trinajstić information content (AvgIpc) is 3.21. The Kier molecular flexibility index (Phi) is 7.49. The van der Waals surface area contributed by atoms with Crippen molar-refractivity contribution in [2.24, 2.45) is 0 Å². The first-order valence-corrected chi connectivity index (χ1v) is 16.9. The molecule has 9 aromatic rings. The molecule has 0 amide bonds. The van der Waals surface area contributed by atoms with Crippen LogP contribution in [-0.4, -0.2) is 15.0 Å². The van der Waals surface area contributed by atoms with Gasteiger partial charge in [-0.25, -0.2) is 15.0 Å². The van der Waals surface area contributed by atoms with Gasteiger partial charge in [-0.2, -0.15) is 0 Å². The van der Waals surface area contributed by atoms with Crippen molar-refractivity contribution in [2.45, 2.75) is 0 Å². The molecule has 0 bridgehead atoms. The fourth-order valence-electron chi connectivity index (χ4n) is 6.84. The van der Waals surface area contributed by atoms with E-state index in [-0.39, 0.29) is 0 Å². The highest BCUT2D eigenvalue weighted by atomic mass is 14.9. The molecule has 0 saturated heterocycles. The van der Waals surface area contributed by atoms with Gasteiger partial charge in [0.2, 0.25) is 0 Å². The van der Waals surface area contributed by atoms with E-state index in [0.717, 1.165) is 66.8 Å². The lowest BCUT2D eigenvalue weighted by atomic mass is 9.92. The number of hydrogen-bond donors (Lipinski definition) is 0. The van der Waals surface area contributed by atoms with E-state index in [1.165, 1.54) is 16.5 Å². The molecular weight excluding hydrogens is 607 g/mol. The van der Waals surface area contributed by atoms with Crippen LogP contribution in [0.4, 0.5) is 0 Å². The Bertz CT molecular complexity index is 2620. The van der Waals surface area contributed by atoms with E-state index >= 15 is 0 Å². The monoisotopic (exact) mass is 637 g/mol. The Morgan fingerprint density at radius 2 is 0.860 bits per heavy atom. The maximum absolute atomic E-state index is 5.28. The number of nitrogens with zero attached hydrogens (tertiary/aromatic N) is 3. The Hall–Kier alpha value is -6.71. The van der Waals surface area contributed by atoms with Crippen LogP contribution in [0.15, 0.2) is 188 Å². The smallest absolute Gasteiger partial charge is 0.160 e. The maximum Gasteiger partial charge on any atom is 0.160 e. The van der Waals surface area contributed by atoms with Crippen LogP contribution in [0.2, 0.25) is 0 Å². The van der Waals surface area contributed by atoms with Crippen molar-refractivity contribution >= 4 is 21.7 Å². The first kappa shape index (κ1) is 29.4. The van der Waals surface area contributed by atoms with Crippen molar-refractivity contribution in [1.29, 1.82) is 0 Å². The molecule has 3 nitrogen and oxygen atoms in total. The van der Waals surface area contributed by atoms with Crippen LogP contribution in [0.25, 0.3) is 89.1 Å². The topological polar surface area (TPSA) is 38.7 Å². The van der Waals surface area contributed by atoms with Gasteiger partial charge in [0, 0.05) is 38.4 Å². The summed E-state index contributed by atoms with van der Waals surface area (Å²) in [4.78, 5) is 15.6. The Balaban J connectivity index is 1.28. The molecule has 0 aliphatic rings. The van der Waals surface area contributed by atoms with Gasteiger partial charge in [0.25, 0.3) is 0 Å². The number of benzene rings is 7. The van der Waals surface area contributed by atoms with Crippen molar-refractivity contribution < 1.29 is 0 Å². The molecule has 0 saturated carbocycles. The van der Waals surface area contributed by atoms with Gasteiger partial charge in [-0.1, -0.05) is 164 Å². The molecule has 0 N–H and O–H groups in total. The molecule has 7 aromatic carbocycles. The quantitative estimate of drug-likeness (QED) is 0.170. The third-order valence-electron chi connectivity index (χ3n) is 9.27. The van der Waals surface area contributed by atoms with Gasteiger partial charge in [-0.05, 0) is 46.5 Å². The standard InChI is InChI=1S/C47H31N3/c1-5-15-32(16-6-1)36-23-13-24-38(29-36)47-49-43(34-19-9-3-10-20-34)31-44(50-47)37-27-28-42-41(30-37)45-39(33-17-7-2-8-18-33)25-14-26-40(45)46(48-42)35-21-11-4-12-22-35/h1-31H. The largest absolute Gasteiger partial charge is 0.247 e. The highest BCUT2D eigenvalue weighted by Crippen LogP contribution is 2.40. The second-order valence-electron chi connectivity index (χ2n) is 12.4. The first-order chi connectivity index (χ1) is 24.8. The molecule has 9 rings (SSSR count). The molecule has 0 aliphatic heterocycles. The maximum atomic E-state index is 5.28. The summed E-state index contributed by atoms with van der Waals surface area (Å²) >= 11 is 0. The van der Waals surface area contributed by atoms with Crippen molar-refractivity contribution in [1.82, 2.24) is 15.0 Å². The Morgan fingerprint density at radius 1 is 0.300 bits per heavy atom. The molecule has 0 aliphatic carbocycles. The van der Waals surface area contributed by atoms with Crippen LogP contribution in [0.5, 0.6) is 0 Å². The summed E-state index contributed by atoms with van der Waals surface area (Å²) in [6.07, 6.45) is 0. The average molecular weight is 638 g/mol. The van der Waals surface area contributed by atoms with Crippen molar-refractivity contribution in [3.05, 3.63) is 188 Å². The van der Waals surface area contributed by atoms with E-state index in [1.807, 2.05) is 18.2 Å². The molecule has 2 aromatic heterocycles. The fraction of sp³-hybridized carbons (Fsp3) is 0. The number of fused-ring (bicyclic) bond motifs is 3. The van der Waals surface area contributed by atoms with Crippen LogP contribution in [0.3, 0.4) is 0 Å². The lowest BCUT2D eigenvalue weighted by Gasteiger charge is -2.15. The molecule has 50 heavy (non-hydrogen) atoms.